The van der Waals surface area contributed by atoms with E-state index in [1.165, 1.54) is 0 Å². The Morgan fingerprint density at radius 2 is 2.12 bits per heavy atom. The minimum atomic E-state index is -0.595. The maximum atomic E-state index is 11.2. The van der Waals surface area contributed by atoms with Crippen LogP contribution in [0.25, 0.3) is 0 Å². The molecule has 0 saturated carbocycles. The molecule has 1 atom stereocenters. The summed E-state index contributed by atoms with van der Waals surface area (Å²) in [5, 5.41) is 8.21. The molecule has 0 rings (SSSR count). The highest BCUT2D eigenvalue weighted by Gasteiger charge is 2.18. The van der Waals surface area contributed by atoms with Crippen LogP contribution in [0.2, 0.25) is 0 Å². The SMILES string of the molecule is C#CCOC(=O)C(C)CC(=O)OCCC#N. The van der Waals surface area contributed by atoms with Gasteiger partial charge in [-0.25, -0.2) is 0 Å². The van der Waals surface area contributed by atoms with Gasteiger partial charge in [0.1, 0.15) is 6.61 Å². The number of hydrogen-bond donors (Lipinski definition) is 0. The lowest BCUT2D eigenvalue weighted by Gasteiger charge is -2.09. The second kappa shape index (κ2) is 8.31. The molecule has 0 saturated heterocycles. The van der Waals surface area contributed by atoms with Crippen LogP contribution in [0.1, 0.15) is 19.8 Å². The second-order valence-corrected chi connectivity index (χ2v) is 3.05. The van der Waals surface area contributed by atoms with Crippen LogP contribution in [0, 0.1) is 29.6 Å². The molecular weight excluding hydrogens is 210 g/mol. The van der Waals surface area contributed by atoms with Crippen molar-refractivity contribution < 1.29 is 19.1 Å². The molecule has 0 aliphatic carbocycles. The molecule has 0 fully saturated rings. The fraction of sp³-hybridized carbons (Fsp3) is 0.545. The Morgan fingerprint density at radius 3 is 2.69 bits per heavy atom. The van der Waals surface area contributed by atoms with E-state index in [2.05, 4.69) is 10.7 Å². The molecule has 0 spiro atoms. The molecule has 0 bridgehead atoms. The van der Waals surface area contributed by atoms with E-state index in [0.29, 0.717) is 0 Å². The first-order valence-corrected chi connectivity index (χ1v) is 4.74. The molecule has 0 aromatic rings. The van der Waals surface area contributed by atoms with E-state index in [-0.39, 0.29) is 26.1 Å². The van der Waals surface area contributed by atoms with Crippen LogP contribution in [0.3, 0.4) is 0 Å². The van der Waals surface area contributed by atoms with Gasteiger partial charge in [-0.05, 0) is 0 Å². The lowest BCUT2D eigenvalue weighted by atomic mass is 10.1. The zero-order valence-electron chi connectivity index (χ0n) is 9.06. The van der Waals surface area contributed by atoms with E-state index in [9.17, 15) is 9.59 Å². The molecule has 5 heteroatoms. The standard InChI is InChI=1S/C11H13NO4/c1-3-6-16-11(14)9(2)8-10(13)15-7-4-5-12/h1,9H,4,6-8H2,2H3. The smallest absolute Gasteiger partial charge is 0.310 e. The quantitative estimate of drug-likeness (QED) is 0.375. The van der Waals surface area contributed by atoms with Crippen LogP contribution in [-0.2, 0) is 19.1 Å². The number of hydrogen-bond acceptors (Lipinski definition) is 5. The molecule has 86 valence electrons. The molecule has 0 N–H and O–H groups in total. The van der Waals surface area contributed by atoms with E-state index in [1.807, 2.05) is 6.07 Å². The van der Waals surface area contributed by atoms with Crippen molar-refractivity contribution >= 4 is 11.9 Å². The van der Waals surface area contributed by atoms with Crippen molar-refractivity contribution in [2.45, 2.75) is 19.8 Å². The van der Waals surface area contributed by atoms with Gasteiger partial charge in [-0.2, -0.15) is 5.26 Å². The third-order valence-corrected chi connectivity index (χ3v) is 1.65. The first kappa shape index (κ1) is 14.0. The van der Waals surface area contributed by atoms with E-state index >= 15 is 0 Å². The van der Waals surface area contributed by atoms with Crippen molar-refractivity contribution in [1.29, 1.82) is 5.26 Å². The molecule has 0 aromatic heterocycles. The van der Waals surface area contributed by atoms with E-state index in [0.717, 1.165) is 0 Å². The summed E-state index contributed by atoms with van der Waals surface area (Å²) in [4.78, 5) is 22.3. The molecule has 5 nitrogen and oxygen atoms in total. The van der Waals surface area contributed by atoms with Crippen LogP contribution in [0.5, 0.6) is 0 Å². The summed E-state index contributed by atoms with van der Waals surface area (Å²) in [5.41, 5.74) is 0. The Hall–Kier alpha value is -2.01. The highest BCUT2D eigenvalue weighted by atomic mass is 16.5. The molecule has 0 aromatic carbocycles. The van der Waals surface area contributed by atoms with Gasteiger partial charge in [0.25, 0.3) is 0 Å². The van der Waals surface area contributed by atoms with Crippen molar-refractivity contribution in [2.24, 2.45) is 5.92 Å². The number of ether oxygens (including phenoxy) is 2. The van der Waals surface area contributed by atoms with Crippen molar-refractivity contribution in [1.82, 2.24) is 0 Å². The van der Waals surface area contributed by atoms with Gasteiger partial charge in [0.2, 0.25) is 0 Å². The number of carbonyl (C=O) groups is 2. The third kappa shape index (κ3) is 6.44. The maximum Gasteiger partial charge on any atom is 0.310 e. The second-order valence-electron chi connectivity index (χ2n) is 3.05. The van der Waals surface area contributed by atoms with Crippen LogP contribution in [0.15, 0.2) is 0 Å². The Balaban J connectivity index is 3.82. The molecule has 0 amide bonds. The average molecular weight is 223 g/mol. The van der Waals surface area contributed by atoms with E-state index in [1.54, 1.807) is 6.92 Å². The zero-order chi connectivity index (χ0) is 12.4. The first-order chi connectivity index (χ1) is 7.61. The fourth-order valence-electron chi connectivity index (χ4n) is 0.858. The predicted molar refractivity (Wildman–Crippen MR) is 54.8 cm³/mol. The molecule has 16 heavy (non-hydrogen) atoms. The number of nitriles is 1. The molecule has 0 heterocycles. The summed E-state index contributed by atoms with van der Waals surface area (Å²) >= 11 is 0. The van der Waals surface area contributed by atoms with Crippen molar-refractivity contribution in [3.05, 3.63) is 0 Å². The van der Waals surface area contributed by atoms with E-state index < -0.39 is 17.9 Å². The molecule has 1 unspecified atom stereocenters. The fourth-order valence-corrected chi connectivity index (χ4v) is 0.858. The number of nitrogens with zero attached hydrogens (tertiary/aromatic N) is 1. The predicted octanol–water partition coefficient (Wildman–Crippen LogP) is 0.646. The van der Waals surface area contributed by atoms with Crippen LogP contribution < -0.4 is 0 Å². The summed E-state index contributed by atoms with van der Waals surface area (Å²) in [5.74, 6) is 0.499. The van der Waals surface area contributed by atoms with Crippen molar-refractivity contribution in [3.8, 4) is 18.4 Å². The summed E-state index contributed by atoms with van der Waals surface area (Å²) in [6.07, 6.45) is 4.98. The van der Waals surface area contributed by atoms with Crippen LogP contribution >= 0.6 is 0 Å². The number of terminal acetylenes is 1. The van der Waals surface area contributed by atoms with Crippen LogP contribution in [-0.4, -0.2) is 25.2 Å². The Kier molecular flexibility index (Phi) is 7.27. The van der Waals surface area contributed by atoms with Gasteiger partial charge in [-0.3, -0.25) is 9.59 Å². The number of esters is 2. The van der Waals surface area contributed by atoms with Crippen molar-refractivity contribution in [2.75, 3.05) is 13.2 Å². The monoisotopic (exact) mass is 223 g/mol. The highest BCUT2D eigenvalue weighted by molar-refractivity contribution is 5.79. The highest BCUT2D eigenvalue weighted by Crippen LogP contribution is 2.06. The number of carbonyl (C=O) groups excluding carboxylic acids is 2. The maximum absolute atomic E-state index is 11.2. The first-order valence-electron chi connectivity index (χ1n) is 4.74. The largest absolute Gasteiger partial charge is 0.465 e. The number of rotatable bonds is 6. The Morgan fingerprint density at radius 1 is 1.44 bits per heavy atom. The van der Waals surface area contributed by atoms with Gasteiger partial charge in [-0.15, -0.1) is 6.42 Å². The summed E-state index contributed by atoms with van der Waals surface area (Å²) in [7, 11) is 0. The topological polar surface area (TPSA) is 76.4 Å². The average Bonchev–Trinajstić information content (AvgIpc) is 2.26. The summed E-state index contributed by atoms with van der Waals surface area (Å²) < 4.78 is 9.34. The molecule has 0 aliphatic rings. The summed E-state index contributed by atoms with van der Waals surface area (Å²) in [6.45, 7) is 1.48. The lowest BCUT2D eigenvalue weighted by Crippen LogP contribution is -2.20. The van der Waals surface area contributed by atoms with E-state index in [4.69, 9.17) is 16.4 Å². The molecule has 0 radical (unpaired) electrons. The normalized spacial score (nSPS) is 10.7. The van der Waals surface area contributed by atoms with Gasteiger partial charge in [0.05, 0.1) is 24.8 Å². The molecule has 0 aliphatic heterocycles. The zero-order valence-corrected chi connectivity index (χ0v) is 9.06. The van der Waals surface area contributed by atoms with Gasteiger partial charge < -0.3 is 9.47 Å². The minimum absolute atomic E-state index is 0.0431. The van der Waals surface area contributed by atoms with Gasteiger partial charge in [-0.1, -0.05) is 12.8 Å². The van der Waals surface area contributed by atoms with Gasteiger partial charge in [0, 0.05) is 0 Å². The van der Waals surface area contributed by atoms with Crippen LogP contribution in [0.4, 0.5) is 0 Å². The third-order valence-electron chi connectivity index (χ3n) is 1.65. The summed E-state index contributed by atoms with van der Waals surface area (Å²) in [6, 6.07) is 1.84. The Labute approximate surface area is 94.3 Å². The van der Waals surface area contributed by atoms with Gasteiger partial charge in [0.15, 0.2) is 6.61 Å². The van der Waals surface area contributed by atoms with Crippen molar-refractivity contribution in [3.63, 3.8) is 0 Å². The lowest BCUT2D eigenvalue weighted by molar-refractivity contribution is -0.153. The minimum Gasteiger partial charge on any atom is -0.465 e. The van der Waals surface area contributed by atoms with Gasteiger partial charge >= 0.3 is 11.9 Å². The molecular formula is C11H13NO4. The Bertz CT molecular complexity index is 324.